The molecule has 0 atom stereocenters. The van der Waals surface area contributed by atoms with Gasteiger partial charge in [-0.3, -0.25) is 4.79 Å². The molecule has 0 heterocycles. The lowest BCUT2D eigenvalue weighted by Crippen LogP contribution is -2.36. The second kappa shape index (κ2) is 4.88. The Kier molecular flexibility index (Phi) is 4.93. The van der Waals surface area contributed by atoms with Crippen molar-refractivity contribution >= 4 is 29.3 Å². The molecule has 0 aliphatic heterocycles. The van der Waals surface area contributed by atoms with Crippen LogP contribution >= 0.6 is 23.4 Å². The van der Waals surface area contributed by atoms with Crippen molar-refractivity contribution in [3.8, 4) is 0 Å². The fraction of sp³-hybridized carbons (Fsp3) is 0.857. The molecule has 0 aromatic carbocycles. The van der Waals surface area contributed by atoms with Crippen molar-refractivity contribution in [3.05, 3.63) is 0 Å². The summed E-state index contributed by atoms with van der Waals surface area (Å²) in [5, 5.41) is 2.73. The first kappa shape index (κ1) is 11.1. The Morgan fingerprint density at radius 1 is 1.64 bits per heavy atom. The lowest BCUT2D eigenvalue weighted by atomic mass is 10.2. The summed E-state index contributed by atoms with van der Waals surface area (Å²) in [7, 11) is 0. The van der Waals surface area contributed by atoms with E-state index in [2.05, 4.69) is 19.2 Å². The summed E-state index contributed by atoms with van der Waals surface area (Å²) < 4.78 is 0.0989. The van der Waals surface area contributed by atoms with E-state index < -0.39 is 0 Å². The molecule has 66 valence electrons. The summed E-state index contributed by atoms with van der Waals surface area (Å²) in [5.74, 6) is -0.0569. The normalized spacial score (nSPS) is 11.3. The maximum absolute atomic E-state index is 10.7. The molecule has 2 nitrogen and oxygen atoms in total. The van der Waals surface area contributed by atoms with Gasteiger partial charge in [-0.15, -0.1) is 11.6 Å². The highest BCUT2D eigenvalue weighted by atomic mass is 35.5. The molecule has 1 N–H and O–H groups in total. The van der Waals surface area contributed by atoms with Crippen LogP contribution in [0.3, 0.4) is 0 Å². The van der Waals surface area contributed by atoms with Crippen LogP contribution in [-0.4, -0.2) is 29.3 Å². The van der Waals surface area contributed by atoms with E-state index in [1.165, 1.54) is 0 Å². The monoisotopic (exact) mass is 195 g/mol. The van der Waals surface area contributed by atoms with E-state index in [4.69, 9.17) is 11.6 Å². The Bertz CT molecular complexity index is 138. The third kappa shape index (κ3) is 5.39. The predicted molar refractivity (Wildman–Crippen MR) is 51.3 cm³/mol. The zero-order valence-electron chi connectivity index (χ0n) is 7.11. The molecule has 11 heavy (non-hydrogen) atoms. The lowest BCUT2D eigenvalue weighted by molar-refractivity contribution is -0.118. The van der Waals surface area contributed by atoms with Gasteiger partial charge in [0, 0.05) is 11.3 Å². The number of rotatable bonds is 4. The van der Waals surface area contributed by atoms with Crippen molar-refractivity contribution < 1.29 is 4.79 Å². The molecule has 0 bridgehead atoms. The molecule has 0 saturated carbocycles. The van der Waals surface area contributed by atoms with Crippen molar-refractivity contribution in [1.82, 2.24) is 5.32 Å². The van der Waals surface area contributed by atoms with E-state index in [-0.39, 0.29) is 16.5 Å². The number of alkyl halides is 1. The van der Waals surface area contributed by atoms with Crippen LogP contribution in [0.5, 0.6) is 0 Å². The Hall–Kier alpha value is 0.110. The number of nitrogens with one attached hydrogen (secondary N) is 1. The Morgan fingerprint density at radius 3 is 2.55 bits per heavy atom. The van der Waals surface area contributed by atoms with E-state index in [0.29, 0.717) is 6.54 Å². The zero-order valence-corrected chi connectivity index (χ0v) is 8.68. The minimum atomic E-state index is -0.103. The second-order valence-electron chi connectivity index (χ2n) is 2.87. The third-order valence-electron chi connectivity index (χ3n) is 1.39. The van der Waals surface area contributed by atoms with Crippen LogP contribution in [0.1, 0.15) is 13.8 Å². The zero-order chi connectivity index (χ0) is 8.91. The number of hydrogen-bond acceptors (Lipinski definition) is 2. The topological polar surface area (TPSA) is 29.1 Å². The Labute approximate surface area is 77.1 Å². The van der Waals surface area contributed by atoms with E-state index in [1.54, 1.807) is 11.8 Å². The van der Waals surface area contributed by atoms with Gasteiger partial charge in [0.15, 0.2) is 0 Å². The van der Waals surface area contributed by atoms with Crippen LogP contribution in [-0.2, 0) is 4.79 Å². The molecule has 0 aromatic rings. The van der Waals surface area contributed by atoms with E-state index in [9.17, 15) is 4.79 Å². The first-order chi connectivity index (χ1) is 5.02. The molecule has 0 saturated heterocycles. The minimum absolute atomic E-state index is 0.0461. The molecule has 0 fully saturated rings. The van der Waals surface area contributed by atoms with Crippen LogP contribution in [0.15, 0.2) is 0 Å². The molecule has 0 aliphatic rings. The fourth-order valence-electron chi connectivity index (χ4n) is 0.431. The first-order valence-electron chi connectivity index (χ1n) is 3.39. The third-order valence-corrected chi connectivity index (χ3v) is 2.88. The number of carbonyl (C=O) groups excluding carboxylic acids is 1. The summed E-state index contributed by atoms with van der Waals surface area (Å²) in [6, 6.07) is 0. The smallest absolute Gasteiger partial charge is 0.234 e. The summed E-state index contributed by atoms with van der Waals surface area (Å²) in [4.78, 5) is 10.7. The second-order valence-corrected chi connectivity index (χ2v) is 4.65. The molecule has 1 amide bonds. The number of carbonyl (C=O) groups is 1. The van der Waals surface area contributed by atoms with Crippen LogP contribution < -0.4 is 5.32 Å². The molecule has 0 unspecified atom stereocenters. The molecule has 4 heteroatoms. The molecule has 0 spiro atoms. The number of halogens is 1. The molecular weight excluding hydrogens is 182 g/mol. The SMILES string of the molecule is CSC(C)(C)CNC(=O)CCl. The van der Waals surface area contributed by atoms with Crippen molar-refractivity contribution in [2.24, 2.45) is 0 Å². The summed E-state index contributed by atoms with van der Waals surface area (Å²) >= 11 is 7.03. The van der Waals surface area contributed by atoms with Crippen LogP contribution in [0.25, 0.3) is 0 Å². The Morgan fingerprint density at radius 2 is 2.18 bits per heavy atom. The van der Waals surface area contributed by atoms with Crippen molar-refractivity contribution in [2.75, 3.05) is 18.7 Å². The molecule has 0 aliphatic carbocycles. The summed E-state index contributed by atoms with van der Waals surface area (Å²) in [5.41, 5.74) is 0. The maximum Gasteiger partial charge on any atom is 0.234 e. The van der Waals surface area contributed by atoms with Crippen LogP contribution in [0.4, 0.5) is 0 Å². The highest BCUT2D eigenvalue weighted by Gasteiger charge is 2.16. The van der Waals surface area contributed by atoms with Gasteiger partial charge < -0.3 is 5.32 Å². The van der Waals surface area contributed by atoms with Gasteiger partial charge in [-0.2, -0.15) is 11.8 Å². The van der Waals surface area contributed by atoms with Gasteiger partial charge in [0.05, 0.1) is 0 Å². The average Bonchev–Trinajstić information content (AvgIpc) is 2.00. The molecular formula is C7H14ClNOS. The van der Waals surface area contributed by atoms with Crippen LogP contribution in [0.2, 0.25) is 0 Å². The van der Waals surface area contributed by atoms with Gasteiger partial charge in [-0.25, -0.2) is 0 Å². The highest BCUT2D eigenvalue weighted by Crippen LogP contribution is 2.19. The standard InChI is InChI=1S/C7H14ClNOS/c1-7(2,11-3)5-9-6(10)4-8/h4-5H2,1-3H3,(H,9,10). The molecule has 0 aromatic heterocycles. The van der Waals surface area contributed by atoms with E-state index in [0.717, 1.165) is 0 Å². The largest absolute Gasteiger partial charge is 0.354 e. The predicted octanol–water partition coefficient (Wildman–Crippen LogP) is 1.48. The van der Waals surface area contributed by atoms with Crippen LogP contribution in [0, 0.1) is 0 Å². The number of thioether (sulfide) groups is 1. The Balaban J connectivity index is 3.61. The first-order valence-corrected chi connectivity index (χ1v) is 5.15. The van der Waals surface area contributed by atoms with Gasteiger partial charge in [0.1, 0.15) is 5.88 Å². The average molecular weight is 196 g/mol. The van der Waals surface area contributed by atoms with Gasteiger partial charge in [0.25, 0.3) is 0 Å². The van der Waals surface area contributed by atoms with Crippen molar-refractivity contribution in [3.63, 3.8) is 0 Å². The van der Waals surface area contributed by atoms with E-state index in [1.807, 2.05) is 6.26 Å². The van der Waals surface area contributed by atoms with Gasteiger partial charge >= 0.3 is 0 Å². The van der Waals surface area contributed by atoms with Gasteiger partial charge in [-0.05, 0) is 20.1 Å². The maximum atomic E-state index is 10.7. The minimum Gasteiger partial charge on any atom is -0.354 e. The quantitative estimate of drug-likeness (QED) is 0.689. The highest BCUT2D eigenvalue weighted by molar-refractivity contribution is 7.99. The van der Waals surface area contributed by atoms with Crippen molar-refractivity contribution in [2.45, 2.75) is 18.6 Å². The van der Waals surface area contributed by atoms with E-state index >= 15 is 0 Å². The number of amides is 1. The van der Waals surface area contributed by atoms with Gasteiger partial charge in [-0.1, -0.05) is 0 Å². The molecule has 0 rings (SSSR count). The fourth-order valence-corrected chi connectivity index (χ4v) is 0.742. The van der Waals surface area contributed by atoms with Gasteiger partial charge in [0.2, 0.25) is 5.91 Å². The summed E-state index contributed by atoms with van der Waals surface area (Å²) in [6.45, 7) is 4.82. The lowest BCUT2D eigenvalue weighted by Gasteiger charge is -2.21. The van der Waals surface area contributed by atoms with Crippen molar-refractivity contribution in [1.29, 1.82) is 0 Å². The molecule has 0 radical (unpaired) electrons. The number of hydrogen-bond donors (Lipinski definition) is 1. The summed E-state index contributed by atoms with van der Waals surface area (Å²) in [6.07, 6.45) is 2.02.